The molecule has 3 aromatic carbocycles. The summed E-state index contributed by atoms with van der Waals surface area (Å²) in [5, 5.41) is 19.8. The maximum atomic E-state index is 6.31. The highest BCUT2D eigenvalue weighted by atomic mass is 16.5. The third-order valence-electron chi connectivity index (χ3n) is 14.5. The number of rotatable bonds is 13. The minimum atomic E-state index is 0.167. The summed E-state index contributed by atoms with van der Waals surface area (Å²) in [5.74, 6) is 5.02. The van der Waals surface area contributed by atoms with E-state index in [4.69, 9.17) is 34.5 Å². The quantitative estimate of drug-likeness (QED) is 0.116. The third-order valence-corrected chi connectivity index (χ3v) is 14.5. The van der Waals surface area contributed by atoms with Crippen molar-refractivity contribution < 1.29 is 23.0 Å². The van der Waals surface area contributed by atoms with Crippen molar-refractivity contribution in [3.8, 4) is 40.4 Å². The molecular formula is C54H56N16O5. The number of nitrogen functional groups attached to an aromatic ring is 2. The maximum Gasteiger partial charge on any atom is 0.225 e. The predicted molar refractivity (Wildman–Crippen MR) is 281 cm³/mol. The molecule has 21 nitrogen and oxygen atoms in total. The first-order valence-electron chi connectivity index (χ1n) is 24.9. The first-order chi connectivity index (χ1) is 36.6. The van der Waals surface area contributed by atoms with Gasteiger partial charge in [-0.25, -0.2) is 19.3 Å². The molecule has 0 aliphatic carbocycles. The van der Waals surface area contributed by atoms with Crippen LogP contribution in [0.5, 0.6) is 17.2 Å². The Kier molecular flexibility index (Phi) is 12.3. The lowest BCUT2D eigenvalue weighted by Crippen LogP contribution is -2.40. The van der Waals surface area contributed by atoms with Crippen LogP contribution in [-0.4, -0.2) is 116 Å². The van der Waals surface area contributed by atoms with E-state index in [0.717, 1.165) is 73.5 Å². The minimum Gasteiger partial charge on any atom is -0.496 e. The summed E-state index contributed by atoms with van der Waals surface area (Å²) >= 11 is 0. The van der Waals surface area contributed by atoms with Crippen molar-refractivity contribution in [3.63, 3.8) is 0 Å². The van der Waals surface area contributed by atoms with Gasteiger partial charge in [-0.2, -0.15) is 29.2 Å². The Morgan fingerprint density at radius 3 is 1.76 bits per heavy atom. The zero-order chi connectivity index (χ0) is 51.3. The van der Waals surface area contributed by atoms with Crippen LogP contribution in [0.1, 0.15) is 46.3 Å². The number of aromatic nitrogens is 12. The zero-order valence-electron chi connectivity index (χ0n) is 42.3. The second-order valence-electron chi connectivity index (χ2n) is 19.0. The number of methoxy groups -OCH3 is 3. The summed E-state index contributed by atoms with van der Waals surface area (Å²) in [4.78, 5) is 23.5. The predicted octanol–water partition coefficient (Wildman–Crippen LogP) is 7.26. The molecule has 0 bridgehead atoms. The molecule has 75 heavy (non-hydrogen) atoms. The van der Waals surface area contributed by atoms with Gasteiger partial charge in [0, 0.05) is 38.3 Å². The zero-order valence-corrected chi connectivity index (χ0v) is 42.3. The molecule has 10 heterocycles. The van der Waals surface area contributed by atoms with Crippen LogP contribution in [0.2, 0.25) is 0 Å². The topological polar surface area (TPSA) is 234 Å². The molecule has 21 heteroatoms. The van der Waals surface area contributed by atoms with E-state index in [9.17, 15) is 0 Å². The number of ether oxygens (including phenoxy) is 3. The molecule has 2 atom stereocenters. The molecule has 2 aliphatic heterocycles. The van der Waals surface area contributed by atoms with Gasteiger partial charge in [0.2, 0.25) is 23.5 Å². The highest BCUT2D eigenvalue weighted by Gasteiger charge is 2.30. The normalized spacial score (nSPS) is 15.9. The molecule has 0 amide bonds. The Bertz CT molecular complexity index is 3820. The van der Waals surface area contributed by atoms with Crippen LogP contribution in [0.4, 0.5) is 11.9 Å². The van der Waals surface area contributed by atoms with Gasteiger partial charge in [-0.1, -0.05) is 36.4 Å². The Hall–Kier alpha value is -8.82. The molecule has 4 N–H and O–H groups in total. The molecule has 382 valence electrons. The van der Waals surface area contributed by atoms with Gasteiger partial charge in [0.15, 0.2) is 45.6 Å². The number of aryl methyl sites for hydroxylation is 1. The lowest BCUT2D eigenvalue weighted by atomic mass is 9.88. The number of nitrogens with two attached hydrogens (primary N) is 2. The van der Waals surface area contributed by atoms with E-state index in [2.05, 4.69) is 119 Å². The van der Waals surface area contributed by atoms with Crippen molar-refractivity contribution in [3.05, 3.63) is 137 Å². The molecule has 11 aromatic rings. The highest BCUT2D eigenvalue weighted by molar-refractivity contribution is 5.91. The van der Waals surface area contributed by atoms with Crippen LogP contribution in [0.15, 0.2) is 113 Å². The standard InChI is InChI=1S/C30H30N8O3.C24H26N8O2/c1-39-25-16-20-10-11-36(23(21(20)17-26(25)40-2)15-19-7-4-3-5-8-19)12-13-37-28-22(18-32-37)29-33-27(24-9-6-14-41-24)35-38(29)30(31)34-28;1-14-9-16-10-15(2)30(13-17(16)11-20(14)33-3)6-7-31-22-18(12-26-31)23-27-21(19-5-4-8-34-19)29-32(23)24(25)28-22/h3-9,14,16-18,23H,10-13,15H2,1-2H3,(H2,31,34);4-5,8-9,11-12,15H,6-7,10,13H2,1-3H3,(H2,25,28). The molecular weight excluding hydrogens is 953 g/mol. The lowest BCUT2D eigenvalue weighted by Gasteiger charge is -2.38. The van der Waals surface area contributed by atoms with E-state index in [0.29, 0.717) is 64.9 Å². The number of fused-ring (bicyclic) bond motifs is 8. The van der Waals surface area contributed by atoms with Crippen LogP contribution in [0.25, 0.3) is 56.5 Å². The average molecular weight is 1010 g/mol. The van der Waals surface area contributed by atoms with Crippen LogP contribution in [0.3, 0.4) is 0 Å². The first-order valence-corrected chi connectivity index (χ1v) is 24.9. The molecule has 2 aliphatic rings. The van der Waals surface area contributed by atoms with E-state index < -0.39 is 0 Å². The second-order valence-corrected chi connectivity index (χ2v) is 19.0. The van der Waals surface area contributed by atoms with Crippen molar-refractivity contribution >= 4 is 45.3 Å². The summed E-state index contributed by atoms with van der Waals surface area (Å²) in [6.45, 7) is 9.10. The number of benzene rings is 3. The van der Waals surface area contributed by atoms with E-state index in [1.165, 1.54) is 42.4 Å². The molecule has 0 saturated carbocycles. The number of furan rings is 2. The fraction of sp³-hybridized carbons (Fsp3) is 0.296. The van der Waals surface area contributed by atoms with Gasteiger partial charge in [0.25, 0.3) is 0 Å². The molecule has 0 radical (unpaired) electrons. The summed E-state index contributed by atoms with van der Waals surface area (Å²) in [6.07, 6.45) is 9.55. The third kappa shape index (κ3) is 8.78. The number of hydrogen-bond acceptors (Lipinski definition) is 17. The Morgan fingerprint density at radius 2 is 1.19 bits per heavy atom. The fourth-order valence-electron chi connectivity index (χ4n) is 10.6. The molecule has 13 rings (SSSR count). The average Bonchev–Trinajstić information content (AvgIpc) is 4.32. The number of hydrogen-bond donors (Lipinski definition) is 2. The van der Waals surface area contributed by atoms with Gasteiger partial charge in [-0.3, -0.25) is 9.80 Å². The fourth-order valence-corrected chi connectivity index (χ4v) is 10.6. The highest BCUT2D eigenvalue weighted by Crippen LogP contribution is 2.40. The van der Waals surface area contributed by atoms with Crippen molar-refractivity contribution in [1.29, 1.82) is 0 Å². The van der Waals surface area contributed by atoms with E-state index >= 15 is 0 Å². The van der Waals surface area contributed by atoms with Crippen LogP contribution >= 0.6 is 0 Å². The summed E-state index contributed by atoms with van der Waals surface area (Å²) in [6, 6.07) is 27.1. The lowest BCUT2D eigenvalue weighted by molar-refractivity contribution is 0.174. The monoisotopic (exact) mass is 1010 g/mol. The second kappa shape index (κ2) is 19.6. The smallest absolute Gasteiger partial charge is 0.225 e. The van der Waals surface area contributed by atoms with E-state index in [1.54, 1.807) is 58.4 Å². The van der Waals surface area contributed by atoms with Gasteiger partial charge in [0.05, 0.1) is 70.1 Å². The first kappa shape index (κ1) is 47.2. The largest absolute Gasteiger partial charge is 0.496 e. The molecule has 2 unspecified atom stereocenters. The van der Waals surface area contributed by atoms with Crippen molar-refractivity contribution in [2.24, 2.45) is 0 Å². The van der Waals surface area contributed by atoms with Gasteiger partial charge in [-0.15, -0.1) is 10.2 Å². The number of nitrogens with zero attached hydrogens (tertiary/aromatic N) is 14. The SMILES string of the molecule is COc1cc2c(cc1C)CC(C)N(CCn1ncc3c1nc(N)n1nc(-c4ccco4)nc31)C2.COc1cc2c(cc1OC)C(Cc1ccccc1)N(CCn1ncc3c1nc(N)n1nc(-c4ccco4)nc31)CC2. The Balaban J connectivity index is 0.000000154. The van der Waals surface area contributed by atoms with Crippen molar-refractivity contribution in [1.82, 2.24) is 68.5 Å². The molecule has 0 saturated heterocycles. The van der Waals surface area contributed by atoms with Gasteiger partial charge < -0.3 is 34.5 Å². The minimum absolute atomic E-state index is 0.167. The summed E-state index contributed by atoms with van der Waals surface area (Å²) in [5.41, 5.74) is 22.9. The maximum absolute atomic E-state index is 6.31. The summed E-state index contributed by atoms with van der Waals surface area (Å²) in [7, 11) is 5.09. The Morgan fingerprint density at radius 1 is 0.613 bits per heavy atom. The Labute approximate surface area is 430 Å². The molecule has 0 fully saturated rings. The van der Waals surface area contributed by atoms with Crippen LogP contribution < -0.4 is 25.7 Å². The van der Waals surface area contributed by atoms with E-state index in [1.807, 2.05) is 21.5 Å². The summed E-state index contributed by atoms with van der Waals surface area (Å²) < 4.78 is 34.6. The molecule has 8 aromatic heterocycles. The van der Waals surface area contributed by atoms with Gasteiger partial charge in [0.1, 0.15) is 5.75 Å². The van der Waals surface area contributed by atoms with Crippen molar-refractivity contribution in [2.45, 2.75) is 64.8 Å². The van der Waals surface area contributed by atoms with Crippen molar-refractivity contribution in [2.75, 3.05) is 52.4 Å². The van der Waals surface area contributed by atoms with E-state index in [-0.39, 0.29) is 17.9 Å². The van der Waals surface area contributed by atoms with Gasteiger partial charge >= 0.3 is 0 Å². The van der Waals surface area contributed by atoms with Crippen LogP contribution in [0, 0.1) is 6.92 Å². The number of anilines is 2. The molecule has 0 spiro atoms. The van der Waals surface area contributed by atoms with Gasteiger partial charge in [-0.05, 0) is 109 Å². The van der Waals surface area contributed by atoms with Crippen LogP contribution in [-0.2, 0) is 38.9 Å².